The minimum absolute atomic E-state index is 0.0527. The average Bonchev–Trinajstić information content (AvgIpc) is 2.80. The van der Waals surface area contributed by atoms with Crippen LogP contribution in [0.25, 0.3) is 0 Å². The zero-order valence-electron chi connectivity index (χ0n) is 14.3. The van der Waals surface area contributed by atoms with Crippen LogP contribution in [0.5, 0.6) is 0 Å². The molecule has 4 saturated carbocycles. The summed E-state index contributed by atoms with van der Waals surface area (Å²) in [6, 6.07) is 6.72. The summed E-state index contributed by atoms with van der Waals surface area (Å²) in [7, 11) is 0. The fraction of sp³-hybridized carbons (Fsp3) is 0.600. The van der Waals surface area contributed by atoms with Crippen LogP contribution in [-0.4, -0.2) is 23.4 Å². The molecule has 1 saturated heterocycles. The Balaban J connectivity index is 1.36. The van der Waals surface area contributed by atoms with Gasteiger partial charge >= 0.3 is 0 Å². The summed E-state index contributed by atoms with van der Waals surface area (Å²) in [5.41, 5.74) is 0.853. The molecule has 2 amide bonds. The number of hydrogen-bond donors (Lipinski definition) is 1. The number of hydrogen-bond acceptors (Lipinski definition) is 2. The molecule has 0 spiro atoms. The third-order valence-corrected chi connectivity index (χ3v) is 7.16. The largest absolute Gasteiger partial charge is 0.331 e. The van der Waals surface area contributed by atoms with Crippen molar-refractivity contribution in [2.75, 3.05) is 4.90 Å². The highest BCUT2D eigenvalue weighted by molar-refractivity contribution is 6.30. The van der Waals surface area contributed by atoms with Gasteiger partial charge in [0.1, 0.15) is 0 Å². The molecule has 25 heavy (non-hydrogen) atoms. The summed E-state index contributed by atoms with van der Waals surface area (Å²) < 4.78 is 0. The summed E-state index contributed by atoms with van der Waals surface area (Å²) in [4.78, 5) is 26.8. The maximum absolute atomic E-state index is 13.0. The van der Waals surface area contributed by atoms with Gasteiger partial charge < -0.3 is 5.32 Å². The van der Waals surface area contributed by atoms with Crippen molar-refractivity contribution in [2.24, 2.45) is 17.8 Å². The lowest BCUT2D eigenvalue weighted by atomic mass is 9.53. The van der Waals surface area contributed by atoms with Crippen molar-refractivity contribution in [3.05, 3.63) is 29.3 Å². The van der Waals surface area contributed by atoms with Gasteiger partial charge in [0.05, 0.1) is 17.6 Å². The molecule has 132 valence electrons. The van der Waals surface area contributed by atoms with Crippen LogP contribution < -0.4 is 10.2 Å². The second kappa shape index (κ2) is 5.55. The minimum atomic E-state index is -0.251. The SMILES string of the molecule is O=C1C[C@@H]([NH2+]C23CC4CC(CC(C4)C2)C3)C(=O)N1c1ccc(Cl)cc1. The van der Waals surface area contributed by atoms with Crippen LogP contribution in [0, 0.1) is 17.8 Å². The van der Waals surface area contributed by atoms with E-state index in [-0.39, 0.29) is 23.4 Å². The fourth-order valence-corrected chi connectivity index (χ4v) is 6.58. The van der Waals surface area contributed by atoms with Crippen LogP contribution in [-0.2, 0) is 9.59 Å². The van der Waals surface area contributed by atoms with Crippen molar-refractivity contribution < 1.29 is 14.9 Å². The molecule has 4 bridgehead atoms. The normalized spacial score (nSPS) is 39.5. The molecule has 0 aromatic heterocycles. The van der Waals surface area contributed by atoms with Gasteiger partial charge in [0, 0.05) is 24.3 Å². The molecule has 5 fully saturated rings. The third kappa shape index (κ3) is 2.61. The maximum Gasteiger partial charge on any atom is 0.292 e. The zero-order valence-corrected chi connectivity index (χ0v) is 15.0. The average molecular weight is 360 g/mol. The van der Waals surface area contributed by atoms with Crippen molar-refractivity contribution >= 4 is 29.1 Å². The molecule has 4 nitrogen and oxygen atoms in total. The highest BCUT2D eigenvalue weighted by Crippen LogP contribution is 2.54. The third-order valence-electron chi connectivity index (χ3n) is 6.91. The lowest BCUT2D eigenvalue weighted by Crippen LogP contribution is -3.03. The van der Waals surface area contributed by atoms with Gasteiger partial charge in [-0.3, -0.25) is 9.59 Å². The van der Waals surface area contributed by atoms with Crippen molar-refractivity contribution in [1.29, 1.82) is 0 Å². The predicted molar refractivity (Wildman–Crippen MR) is 95.2 cm³/mol. The van der Waals surface area contributed by atoms with Gasteiger partial charge in [-0.1, -0.05) is 11.6 Å². The molecule has 5 aliphatic rings. The predicted octanol–water partition coefficient (Wildman–Crippen LogP) is 2.50. The molecule has 2 N–H and O–H groups in total. The summed E-state index contributed by atoms with van der Waals surface area (Å²) in [6.45, 7) is 0. The number of carbonyl (C=O) groups is 2. The monoisotopic (exact) mass is 359 g/mol. The van der Waals surface area contributed by atoms with E-state index in [1.54, 1.807) is 24.3 Å². The highest BCUT2D eigenvalue weighted by atomic mass is 35.5. The number of anilines is 1. The number of halogens is 1. The number of imide groups is 1. The first-order chi connectivity index (χ1) is 12.0. The van der Waals surface area contributed by atoms with E-state index in [0.29, 0.717) is 17.1 Å². The van der Waals surface area contributed by atoms with Gasteiger partial charge in [0.15, 0.2) is 6.04 Å². The standard InChI is InChI=1S/C20H23ClN2O2/c21-15-1-3-16(4-2-15)23-18(24)8-17(19(23)25)22-20-9-12-5-13(10-20)7-14(6-12)11-20/h1-4,12-14,17,22H,5-11H2/p+1/t12?,13?,14?,17-,20?/m1/s1. The van der Waals surface area contributed by atoms with Crippen molar-refractivity contribution in [3.63, 3.8) is 0 Å². The van der Waals surface area contributed by atoms with Crippen LogP contribution in [0.1, 0.15) is 44.9 Å². The summed E-state index contributed by atoms with van der Waals surface area (Å²) in [5.74, 6) is 2.41. The minimum Gasteiger partial charge on any atom is -0.331 e. The first-order valence-corrected chi connectivity index (χ1v) is 9.87. The number of amides is 2. The van der Waals surface area contributed by atoms with E-state index in [2.05, 4.69) is 5.32 Å². The first-order valence-electron chi connectivity index (χ1n) is 9.50. The molecule has 0 radical (unpaired) electrons. The van der Waals surface area contributed by atoms with E-state index in [4.69, 9.17) is 11.6 Å². The summed E-state index contributed by atoms with van der Waals surface area (Å²) in [5, 5.41) is 2.91. The fourth-order valence-electron chi connectivity index (χ4n) is 6.46. The second-order valence-electron chi connectivity index (χ2n) is 8.80. The van der Waals surface area contributed by atoms with E-state index in [1.807, 2.05) is 0 Å². The quantitative estimate of drug-likeness (QED) is 0.843. The Bertz CT molecular complexity index is 694. The molecule has 5 heteroatoms. The first kappa shape index (κ1) is 15.8. The molecule has 6 rings (SSSR count). The Hall–Kier alpha value is -1.39. The van der Waals surface area contributed by atoms with Crippen LogP contribution in [0.15, 0.2) is 24.3 Å². The molecule has 4 aliphatic carbocycles. The number of quaternary nitrogens is 1. The number of nitrogens with zero attached hydrogens (tertiary/aromatic N) is 1. The van der Waals surface area contributed by atoms with Crippen LogP contribution >= 0.6 is 11.6 Å². The molecule has 0 unspecified atom stereocenters. The van der Waals surface area contributed by atoms with E-state index in [0.717, 1.165) is 17.8 Å². The van der Waals surface area contributed by atoms with Gasteiger partial charge in [-0.05, 0) is 61.3 Å². The lowest BCUT2D eigenvalue weighted by Gasteiger charge is -2.55. The Morgan fingerprint density at radius 2 is 1.52 bits per heavy atom. The maximum atomic E-state index is 13.0. The number of carbonyl (C=O) groups excluding carboxylic acids is 2. The number of nitrogens with two attached hydrogens (primary N) is 1. The smallest absolute Gasteiger partial charge is 0.292 e. The summed E-state index contributed by atoms with van der Waals surface area (Å²) in [6.07, 6.45) is 8.20. The second-order valence-corrected chi connectivity index (χ2v) is 9.24. The van der Waals surface area contributed by atoms with Gasteiger partial charge in [-0.25, -0.2) is 4.90 Å². The molecule has 1 aromatic rings. The van der Waals surface area contributed by atoms with Gasteiger partial charge in [0.2, 0.25) is 5.91 Å². The lowest BCUT2D eigenvalue weighted by molar-refractivity contribution is -0.755. The van der Waals surface area contributed by atoms with E-state index >= 15 is 0 Å². The van der Waals surface area contributed by atoms with Crippen LogP contribution in [0.3, 0.4) is 0 Å². The summed E-state index contributed by atoms with van der Waals surface area (Å²) >= 11 is 5.93. The van der Waals surface area contributed by atoms with Gasteiger partial charge in [-0.15, -0.1) is 0 Å². The van der Waals surface area contributed by atoms with Crippen molar-refractivity contribution in [3.8, 4) is 0 Å². The van der Waals surface area contributed by atoms with E-state index in [9.17, 15) is 9.59 Å². The van der Waals surface area contributed by atoms with Crippen LogP contribution in [0.4, 0.5) is 5.69 Å². The van der Waals surface area contributed by atoms with Gasteiger partial charge in [-0.2, -0.15) is 0 Å². The number of benzene rings is 1. The Labute approximate surface area is 152 Å². The molecule has 1 atom stereocenters. The molecular weight excluding hydrogens is 336 g/mol. The number of rotatable bonds is 3. The molecule has 1 aromatic carbocycles. The Kier molecular flexibility index (Phi) is 3.52. The highest BCUT2D eigenvalue weighted by Gasteiger charge is 2.56. The van der Waals surface area contributed by atoms with Crippen molar-refractivity contribution in [2.45, 2.75) is 56.5 Å². The molecule has 1 heterocycles. The molecule has 1 aliphatic heterocycles. The Morgan fingerprint density at radius 1 is 0.960 bits per heavy atom. The van der Waals surface area contributed by atoms with Crippen LogP contribution in [0.2, 0.25) is 5.02 Å². The topological polar surface area (TPSA) is 54.0 Å². The zero-order chi connectivity index (χ0) is 17.2. The van der Waals surface area contributed by atoms with E-state index in [1.165, 1.54) is 43.4 Å². The molecular formula is C20H24ClN2O2+. The van der Waals surface area contributed by atoms with Crippen molar-refractivity contribution in [1.82, 2.24) is 0 Å². The Morgan fingerprint density at radius 3 is 2.08 bits per heavy atom. The van der Waals surface area contributed by atoms with Gasteiger partial charge in [0.25, 0.3) is 5.91 Å². The van der Waals surface area contributed by atoms with E-state index < -0.39 is 0 Å².